The summed E-state index contributed by atoms with van der Waals surface area (Å²) < 4.78 is 16.0. The number of fused-ring (bicyclic) bond motifs is 1. The van der Waals surface area contributed by atoms with Crippen LogP contribution in [0.1, 0.15) is 43.1 Å². The van der Waals surface area contributed by atoms with Gasteiger partial charge in [0.2, 0.25) is 5.91 Å². The van der Waals surface area contributed by atoms with Crippen LogP contribution in [0.25, 0.3) is 11.3 Å². The molecular formula is C31H28Cl2FN7O4S. The second-order valence-electron chi connectivity index (χ2n) is 11.0. The van der Waals surface area contributed by atoms with Gasteiger partial charge in [0.15, 0.2) is 0 Å². The highest BCUT2D eigenvalue weighted by molar-refractivity contribution is 7.18. The predicted molar refractivity (Wildman–Crippen MR) is 171 cm³/mol. The molecular weight excluding hydrogens is 656 g/mol. The van der Waals surface area contributed by atoms with Crippen LogP contribution >= 0.6 is 34.5 Å². The Balaban J connectivity index is 1.13. The van der Waals surface area contributed by atoms with Crippen LogP contribution in [0.3, 0.4) is 0 Å². The second kappa shape index (κ2) is 13.2. The van der Waals surface area contributed by atoms with E-state index in [9.17, 15) is 23.6 Å². The number of hydrogen-bond donors (Lipinski definition) is 3. The minimum atomic E-state index is -0.618. The van der Waals surface area contributed by atoms with Gasteiger partial charge in [0.05, 0.1) is 34.9 Å². The van der Waals surface area contributed by atoms with Crippen LogP contribution in [-0.4, -0.2) is 62.7 Å². The molecule has 11 nitrogen and oxygen atoms in total. The van der Waals surface area contributed by atoms with E-state index in [1.807, 2.05) is 12.1 Å². The molecule has 15 heteroatoms. The number of benzene rings is 2. The van der Waals surface area contributed by atoms with Gasteiger partial charge in [-0.3, -0.25) is 24.4 Å². The van der Waals surface area contributed by atoms with Crippen molar-refractivity contribution in [2.75, 3.05) is 13.1 Å². The number of hydrazine groups is 1. The van der Waals surface area contributed by atoms with E-state index in [2.05, 4.69) is 21.0 Å². The molecule has 0 spiro atoms. The van der Waals surface area contributed by atoms with Crippen molar-refractivity contribution in [2.24, 2.45) is 7.05 Å². The number of carbonyl (C=O) groups is 4. The van der Waals surface area contributed by atoms with Crippen LogP contribution in [-0.2, 0) is 31.4 Å². The number of carbonyl (C=O) groups excluding carboxylic acids is 4. The third-order valence-electron chi connectivity index (χ3n) is 7.76. The van der Waals surface area contributed by atoms with E-state index in [4.69, 9.17) is 23.2 Å². The second-order valence-corrected chi connectivity index (χ2v) is 13.0. The molecule has 2 aliphatic heterocycles. The molecule has 1 fully saturated rings. The molecule has 2 aromatic heterocycles. The minimum Gasteiger partial charge on any atom is -0.347 e. The molecule has 0 radical (unpaired) electrons. The molecule has 5 amide bonds. The van der Waals surface area contributed by atoms with E-state index in [0.29, 0.717) is 50.6 Å². The molecule has 4 heterocycles. The van der Waals surface area contributed by atoms with E-state index < -0.39 is 12.1 Å². The first-order valence-corrected chi connectivity index (χ1v) is 15.9. The van der Waals surface area contributed by atoms with Crippen LogP contribution in [0.5, 0.6) is 0 Å². The van der Waals surface area contributed by atoms with Crippen LogP contribution < -0.4 is 16.0 Å². The number of thiophene rings is 1. The Morgan fingerprint density at radius 1 is 1.09 bits per heavy atom. The molecule has 4 aromatic rings. The van der Waals surface area contributed by atoms with Gasteiger partial charge in [0, 0.05) is 43.7 Å². The van der Waals surface area contributed by atoms with Crippen molar-refractivity contribution in [3.05, 3.63) is 97.0 Å². The maximum atomic E-state index is 14.0. The number of aryl methyl sites for hydroxylation is 1. The van der Waals surface area contributed by atoms with E-state index in [-0.39, 0.29) is 43.0 Å². The Kier molecular flexibility index (Phi) is 9.09. The highest BCUT2D eigenvalue weighted by Gasteiger charge is 2.36. The number of halogens is 3. The highest BCUT2D eigenvalue weighted by atomic mass is 35.5. The Labute approximate surface area is 277 Å². The summed E-state index contributed by atoms with van der Waals surface area (Å²) in [7, 11) is 1.74. The zero-order valence-corrected chi connectivity index (χ0v) is 26.8. The molecule has 6 rings (SSSR count). The normalized spacial score (nSPS) is 15.3. The monoisotopic (exact) mass is 683 g/mol. The number of hydrogen-bond acceptors (Lipinski definition) is 7. The average Bonchev–Trinajstić information content (AvgIpc) is 3.66. The number of aromatic nitrogens is 2. The van der Waals surface area contributed by atoms with Gasteiger partial charge < -0.3 is 10.6 Å². The van der Waals surface area contributed by atoms with Gasteiger partial charge in [-0.05, 0) is 47.4 Å². The maximum absolute atomic E-state index is 14.0. The molecule has 0 aliphatic carbocycles. The fraction of sp³-hybridized carbons (Fsp3) is 0.258. The zero-order valence-electron chi connectivity index (χ0n) is 24.5. The minimum absolute atomic E-state index is 0.119. The van der Waals surface area contributed by atoms with Gasteiger partial charge >= 0.3 is 6.03 Å². The summed E-state index contributed by atoms with van der Waals surface area (Å²) in [6, 6.07) is 12.3. The van der Waals surface area contributed by atoms with Gasteiger partial charge in [-0.2, -0.15) is 5.10 Å². The van der Waals surface area contributed by atoms with Crippen LogP contribution in [0.4, 0.5) is 9.18 Å². The summed E-state index contributed by atoms with van der Waals surface area (Å²) in [6.45, 7) is 1.11. The lowest BCUT2D eigenvalue weighted by molar-refractivity contribution is -0.123. The molecule has 0 unspecified atom stereocenters. The van der Waals surface area contributed by atoms with Crippen molar-refractivity contribution in [1.82, 2.24) is 35.7 Å². The van der Waals surface area contributed by atoms with Gasteiger partial charge in [-0.25, -0.2) is 19.2 Å². The highest BCUT2D eigenvalue weighted by Crippen LogP contribution is 2.38. The standard InChI is InChI=1S/C31H28Cl2FN7O4S/c1-39-27(24(32)15-36-39)23-12-25(46-28(23)33)29(43)37-21(11-17-3-2-4-20(34)10-17)14-35-13-18-5-6-22-19(9-18)16-41(30(22)44)40-8-7-26(42)38-31(40)45/h2-6,9-10,12,15,21,35H,7-8,11,13-14,16H2,1H3,(H,37,43)(H,38,42,45)/t21-/m0/s1. The number of rotatable bonds is 10. The molecule has 2 aliphatic rings. The van der Waals surface area contributed by atoms with E-state index in [1.165, 1.54) is 28.3 Å². The van der Waals surface area contributed by atoms with Crippen molar-refractivity contribution >= 4 is 58.3 Å². The largest absolute Gasteiger partial charge is 0.347 e. The Bertz CT molecular complexity index is 1840. The fourth-order valence-electron chi connectivity index (χ4n) is 5.58. The van der Waals surface area contributed by atoms with Crippen molar-refractivity contribution in [1.29, 1.82) is 0 Å². The average molecular weight is 685 g/mol. The first kappa shape index (κ1) is 31.7. The van der Waals surface area contributed by atoms with Crippen molar-refractivity contribution in [3.8, 4) is 11.3 Å². The number of urea groups is 1. The Hall–Kier alpha value is -4.30. The van der Waals surface area contributed by atoms with Crippen LogP contribution in [0, 0.1) is 5.82 Å². The number of nitrogens with zero attached hydrogens (tertiary/aromatic N) is 4. The molecule has 46 heavy (non-hydrogen) atoms. The summed E-state index contributed by atoms with van der Waals surface area (Å²) >= 11 is 13.9. The number of imide groups is 1. The quantitative estimate of drug-likeness (QED) is 0.225. The summed E-state index contributed by atoms with van der Waals surface area (Å²) in [6.07, 6.45) is 1.99. The molecule has 2 aromatic carbocycles. The molecule has 1 atom stereocenters. The van der Waals surface area contributed by atoms with Crippen LogP contribution in [0.15, 0.2) is 54.7 Å². The SMILES string of the molecule is Cn1ncc(Cl)c1-c1cc(C(=O)N[C@H](CNCc2ccc3c(c2)CN(N2CCC(=O)NC2=O)C3=O)Cc2cccc(F)c2)sc1Cl. The lowest BCUT2D eigenvalue weighted by atomic mass is 10.0. The van der Waals surface area contributed by atoms with E-state index in [1.54, 1.807) is 36.0 Å². The summed E-state index contributed by atoms with van der Waals surface area (Å²) in [5, 5.41) is 15.8. The van der Waals surface area contributed by atoms with Gasteiger partial charge in [-0.15, -0.1) is 11.3 Å². The third-order valence-corrected chi connectivity index (χ3v) is 9.40. The smallest absolute Gasteiger partial charge is 0.342 e. The van der Waals surface area contributed by atoms with E-state index >= 15 is 0 Å². The molecule has 238 valence electrons. The molecule has 0 saturated carbocycles. The summed E-state index contributed by atoms with van der Waals surface area (Å²) in [5.74, 6) is -1.38. The Morgan fingerprint density at radius 2 is 1.91 bits per heavy atom. The van der Waals surface area contributed by atoms with Crippen molar-refractivity contribution in [2.45, 2.75) is 32.0 Å². The van der Waals surface area contributed by atoms with Crippen LogP contribution in [0.2, 0.25) is 9.36 Å². The fourth-order valence-corrected chi connectivity index (χ4v) is 7.02. The van der Waals surface area contributed by atoms with E-state index in [0.717, 1.165) is 28.0 Å². The topological polar surface area (TPSA) is 129 Å². The maximum Gasteiger partial charge on any atom is 0.342 e. The van der Waals surface area contributed by atoms with Crippen molar-refractivity contribution < 1.29 is 23.6 Å². The van der Waals surface area contributed by atoms with Gasteiger partial charge in [-0.1, -0.05) is 47.5 Å². The molecule has 3 N–H and O–H groups in total. The van der Waals surface area contributed by atoms with Crippen molar-refractivity contribution in [3.63, 3.8) is 0 Å². The Morgan fingerprint density at radius 3 is 2.65 bits per heavy atom. The van der Waals surface area contributed by atoms with Gasteiger partial charge in [0.1, 0.15) is 10.2 Å². The van der Waals surface area contributed by atoms with Gasteiger partial charge in [0.25, 0.3) is 11.8 Å². The number of nitrogens with one attached hydrogen (secondary N) is 3. The first-order chi connectivity index (χ1) is 22.1. The molecule has 1 saturated heterocycles. The predicted octanol–water partition coefficient (Wildman–Crippen LogP) is 4.54. The lowest BCUT2D eigenvalue weighted by Crippen LogP contribution is -2.56. The molecule has 0 bridgehead atoms. The third kappa shape index (κ3) is 6.63. The summed E-state index contributed by atoms with van der Waals surface area (Å²) in [4.78, 5) is 50.6. The zero-order chi connectivity index (χ0) is 32.5. The first-order valence-electron chi connectivity index (χ1n) is 14.4. The summed E-state index contributed by atoms with van der Waals surface area (Å²) in [5.41, 5.74) is 4.07. The lowest BCUT2D eigenvalue weighted by Gasteiger charge is -2.33. The number of amides is 5.